The molecule has 2 atom stereocenters. The normalized spacial score (nSPS) is 40.2. The highest BCUT2D eigenvalue weighted by Crippen LogP contribution is 2.44. The lowest BCUT2D eigenvalue weighted by molar-refractivity contribution is -0.129. The molecule has 1 aliphatic carbocycles. The van der Waals surface area contributed by atoms with E-state index in [2.05, 4.69) is 0 Å². The molecular formula is C6H8Cl2O. The second kappa shape index (κ2) is 1.86. The second-order valence-electron chi connectivity index (χ2n) is 2.95. The molecule has 52 valence electrons. The summed E-state index contributed by atoms with van der Waals surface area (Å²) in [6.07, 6.45) is 0. The van der Waals surface area contributed by atoms with Crippen molar-refractivity contribution in [2.45, 2.75) is 24.6 Å². The lowest BCUT2D eigenvalue weighted by Gasteiger charge is -2.43. The van der Waals surface area contributed by atoms with Crippen LogP contribution in [0.25, 0.3) is 0 Å². The third-order valence-electron chi connectivity index (χ3n) is 1.81. The van der Waals surface area contributed by atoms with Crippen molar-refractivity contribution in [2.75, 3.05) is 0 Å². The van der Waals surface area contributed by atoms with E-state index < -0.39 is 0 Å². The van der Waals surface area contributed by atoms with Gasteiger partial charge in [-0.1, -0.05) is 13.8 Å². The number of Topliss-reactive ketones (excluding diaryl/α,β-unsaturated/α-hetero) is 1. The Balaban J connectivity index is 2.73. The first-order chi connectivity index (χ1) is 3.98. The minimum absolute atomic E-state index is 0.0386. The predicted molar refractivity (Wildman–Crippen MR) is 38.1 cm³/mol. The molecule has 0 aromatic rings. The number of carbonyl (C=O) groups is 1. The van der Waals surface area contributed by atoms with E-state index in [9.17, 15) is 4.79 Å². The van der Waals surface area contributed by atoms with Crippen LogP contribution in [-0.4, -0.2) is 16.5 Å². The first-order valence-electron chi connectivity index (χ1n) is 2.80. The van der Waals surface area contributed by atoms with Crippen molar-refractivity contribution < 1.29 is 4.79 Å². The summed E-state index contributed by atoms with van der Waals surface area (Å²) >= 11 is 11.3. The molecule has 1 nitrogen and oxygen atoms in total. The maximum absolute atomic E-state index is 10.7. The molecule has 0 saturated heterocycles. The Labute approximate surface area is 64.3 Å². The van der Waals surface area contributed by atoms with Gasteiger partial charge in [0.2, 0.25) is 0 Å². The maximum atomic E-state index is 10.7. The van der Waals surface area contributed by atoms with Crippen molar-refractivity contribution in [3.63, 3.8) is 0 Å². The Kier molecular flexibility index (Phi) is 1.52. The van der Waals surface area contributed by atoms with Crippen LogP contribution < -0.4 is 0 Å². The fourth-order valence-electron chi connectivity index (χ4n) is 0.894. The summed E-state index contributed by atoms with van der Waals surface area (Å²) in [5, 5.41) is -0.750. The first-order valence-corrected chi connectivity index (χ1v) is 3.67. The van der Waals surface area contributed by atoms with Gasteiger partial charge in [-0.2, -0.15) is 0 Å². The minimum Gasteiger partial charge on any atom is -0.296 e. The number of carbonyl (C=O) groups excluding carboxylic acids is 1. The summed E-state index contributed by atoms with van der Waals surface area (Å²) < 4.78 is 0. The predicted octanol–water partition coefficient (Wildman–Crippen LogP) is 1.81. The molecule has 0 heterocycles. The van der Waals surface area contributed by atoms with Gasteiger partial charge in [0.15, 0.2) is 5.78 Å². The van der Waals surface area contributed by atoms with Crippen LogP contribution in [0.15, 0.2) is 0 Å². The van der Waals surface area contributed by atoms with E-state index in [0.717, 1.165) is 0 Å². The smallest absolute Gasteiger partial charge is 0.169 e. The number of ketones is 1. The van der Waals surface area contributed by atoms with Crippen LogP contribution in [0.2, 0.25) is 0 Å². The number of hydrogen-bond acceptors (Lipinski definition) is 1. The van der Waals surface area contributed by atoms with Gasteiger partial charge in [0.25, 0.3) is 0 Å². The van der Waals surface area contributed by atoms with Crippen molar-refractivity contribution in [3.05, 3.63) is 0 Å². The van der Waals surface area contributed by atoms with Gasteiger partial charge >= 0.3 is 0 Å². The van der Waals surface area contributed by atoms with Crippen molar-refractivity contribution in [2.24, 2.45) is 5.41 Å². The molecule has 0 aromatic heterocycles. The zero-order valence-corrected chi connectivity index (χ0v) is 6.83. The Hall–Kier alpha value is 0.250. The summed E-state index contributed by atoms with van der Waals surface area (Å²) in [6.45, 7) is 3.79. The number of hydrogen-bond donors (Lipinski definition) is 0. The lowest BCUT2D eigenvalue weighted by Crippen LogP contribution is -2.57. The van der Waals surface area contributed by atoms with Crippen molar-refractivity contribution in [3.8, 4) is 0 Å². The van der Waals surface area contributed by atoms with E-state index in [1.165, 1.54) is 0 Å². The average Bonchev–Trinajstić information content (AvgIpc) is 1.84. The third kappa shape index (κ3) is 0.786. The lowest BCUT2D eigenvalue weighted by atomic mass is 9.70. The van der Waals surface area contributed by atoms with Gasteiger partial charge in [0, 0.05) is 5.41 Å². The van der Waals surface area contributed by atoms with E-state index in [1.54, 1.807) is 0 Å². The number of halogens is 2. The van der Waals surface area contributed by atoms with Gasteiger partial charge in [0.1, 0.15) is 10.8 Å². The van der Waals surface area contributed by atoms with Crippen LogP contribution in [0.4, 0.5) is 0 Å². The first kappa shape index (κ1) is 7.36. The van der Waals surface area contributed by atoms with E-state index in [1.807, 2.05) is 13.8 Å². The van der Waals surface area contributed by atoms with Crippen molar-refractivity contribution in [1.82, 2.24) is 0 Å². The van der Waals surface area contributed by atoms with Gasteiger partial charge in [-0.25, -0.2) is 0 Å². The summed E-state index contributed by atoms with van der Waals surface area (Å²) in [6, 6.07) is 0. The average molecular weight is 167 g/mol. The number of alkyl halides is 2. The Morgan fingerprint density at radius 2 is 1.67 bits per heavy atom. The highest BCUT2D eigenvalue weighted by molar-refractivity contribution is 6.45. The van der Waals surface area contributed by atoms with E-state index in [0.29, 0.717) is 0 Å². The Morgan fingerprint density at radius 1 is 1.33 bits per heavy atom. The number of rotatable bonds is 0. The minimum atomic E-state index is -0.375. The standard InChI is InChI=1S/C6H8Cl2O/c1-6(2)4(7)3(9)5(6)8/h4-5H,1-2H3/t4-,5-/m1/s1. The molecule has 0 N–H and O–H groups in total. The van der Waals surface area contributed by atoms with E-state index in [4.69, 9.17) is 23.2 Å². The van der Waals surface area contributed by atoms with Crippen molar-refractivity contribution >= 4 is 29.0 Å². The molecule has 0 aromatic carbocycles. The van der Waals surface area contributed by atoms with Gasteiger partial charge in [-0.05, 0) is 0 Å². The highest BCUT2D eigenvalue weighted by Gasteiger charge is 2.54. The summed E-state index contributed by atoms with van der Waals surface area (Å²) in [5.74, 6) is -0.0386. The molecule has 0 unspecified atom stereocenters. The maximum Gasteiger partial charge on any atom is 0.169 e. The highest BCUT2D eigenvalue weighted by atomic mass is 35.5. The fraction of sp³-hybridized carbons (Fsp3) is 0.833. The van der Waals surface area contributed by atoms with E-state index in [-0.39, 0.29) is 22.0 Å². The molecule has 0 spiro atoms. The van der Waals surface area contributed by atoms with Crippen LogP contribution in [0.1, 0.15) is 13.8 Å². The summed E-state index contributed by atoms with van der Waals surface area (Å²) in [5.41, 5.74) is -0.208. The van der Waals surface area contributed by atoms with Gasteiger partial charge in [-0.15, -0.1) is 23.2 Å². The van der Waals surface area contributed by atoms with Gasteiger partial charge < -0.3 is 0 Å². The fourth-order valence-corrected chi connectivity index (χ4v) is 1.53. The molecule has 0 radical (unpaired) electrons. The molecule has 3 heteroatoms. The molecule has 1 fully saturated rings. The van der Waals surface area contributed by atoms with Crippen LogP contribution in [0.3, 0.4) is 0 Å². The third-order valence-corrected chi connectivity index (χ3v) is 3.36. The largest absolute Gasteiger partial charge is 0.296 e. The molecule has 0 amide bonds. The summed E-state index contributed by atoms with van der Waals surface area (Å²) in [4.78, 5) is 10.7. The second-order valence-corrected chi connectivity index (χ2v) is 3.82. The molecule has 1 rings (SSSR count). The van der Waals surface area contributed by atoms with Crippen LogP contribution in [-0.2, 0) is 4.79 Å². The molecule has 0 aliphatic heterocycles. The molecule has 0 bridgehead atoms. The van der Waals surface area contributed by atoms with Crippen LogP contribution in [0, 0.1) is 5.41 Å². The Bertz CT molecular complexity index is 139. The quantitative estimate of drug-likeness (QED) is 0.503. The topological polar surface area (TPSA) is 17.1 Å². The van der Waals surface area contributed by atoms with Crippen molar-refractivity contribution in [1.29, 1.82) is 0 Å². The molecular weight excluding hydrogens is 159 g/mol. The van der Waals surface area contributed by atoms with Crippen LogP contribution in [0.5, 0.6) is 0 Å². The SMILES string of the molecule is CC1(C)[C@H](Cl)C(=O)[C@H]1Cl. The zero-order chi connectivity index (χ0) is 7.23. The monoisotopic (exact) mass is 166 g/mol. The Morgan fingerprint density at radius 3 is 1.78 bits per heavy atom. The molecule has 9 heavy (non-hydrogen) atoms. The van der Waals surface area contributed by atoms with Gasteiger partial charge in [-0.3, -0.25) is 4.79 Å². The van der Waals surface area contributed by atoms with Crippen LogP contribution >= 0.6 is 23.2 Å². The van der Waals surface area contributed by atoms with E-state index >= 15 is 0 Å². The van der Waals surface area contributed by atoms with Gasteiger partial charge in [0.05, 0.1) is 0 Å². The zero-order valence-electron chi connectivity index (χ0n) is 5.32. The summed E-state index contributed by atoms with van der Waals surface area (Å²) in [7, 11) is 0. The molecule has 1 aliphatic rings. The molecule has 1 saturated carbocycles.